The molecule has 0 unspecified atom stereocenters. The van der Waals surface area contributed by atoms with Crippen molar-refractivity contribution in [3.05, 3.63) is 46.7 Å². The van der Waals surface area contributed by atoms with Crippen molar-refractivity contribution >= 4 is 33.4 Å². The lowest BCUT2D eigenvalue weighted by atomic mass is 10.1. The zero-order chi connectivity index (χ0) is 19.8. The molecule has 146 valence electrons. The van der Waals surface area contributed by atoms with Crippen LogP contribution in [0, 0.1) is 19.8 Å². The topological polar surface area (TPSA) is 73.2 Å². The van der Waals surface area contributed by atoms with Crippen LogP contribution in [0.4, 0.5) is 0 Å². The molecule has 1 fully saturated rings. The van der Waals surface area contributed by atoms with Gasteiger partial charge in [-0.2, -0.15) is 0 Å². The highest BCUT2D eigenvalue weighted by Gasteiger charge is 2.29. The molecule has 3 heterocycles. The lowest BCUT2D eigenvalue weighted by molar-refractivity contribution is -0.124. The van der Waals surface area contributed by atoms with Crippen molar-refractivity contribution in [1.82, 2.24) is 14.9 Å². The first-order valence-corrected chi connectivity index (χ1v) is 10.3. The van der Waals surface area contributed by atoms with E-state index in [1.54, 1.807) is 0 Å². The Hall–Kier alpha value is -2.67. The van der Waals surface area contributed by atoms with Gasteiger partial charge in [-0.15, -0.1) is 11.3 Å². The monoisotopic (exact) mass is 397 g/mol. The van der Waals surface area contributed by atoms with Crippen LogP contribution in [0.15, 0.2) is 30.6 Å². The van der Waals surface area contributed by atoms with Gasteiger partial charge in [-0.3, -0.25) is 4.79 Å². The number of fused-ring (bicyclic) bond motifs is 1. The molecule has 0 saturated heterocycles. The summed E-state index contributed by atoms with van der Waals surface area (Å²) in [6, 6.07) is 5.94. The van der Waals surface area contributed by atoms with E-state index in [9.17, 15) is 9.59 Å². The Bertz CT molecular complexity index is 1040. The Labute approximate surface area is 167 Å². The fourth-order valence-electron chi connectivity index (χ4n) is 3.50. The maximum absolute atomic E-state index is 12.8. The number of aromatic nitrogens is 2. The van der Waals surface area contributed by atoms with Crippen LogP contribution < -0.4 is 5.32 Å². The normalized spacial score (nSPS) is 14.8. The predicted molar refractivity (Wildman–Crippen MR) is 109 cm³/mol. The van der Waals surface area contributed by atoms with Crippen LogP contribution in [-0.4, -0.2) is 34.1 Å². The smallest absolute Gasteiger partial charge is 0.351 e. The average molecular weight is 398 g/mol. The van der Waals surface area contributed by atoms with Gasteiger partial charge in [0.2, 0.25) is 0 Å². The van der Waals surface area contributed by atoms with Gasteiger partial charge in [-0.25, -0.2) is 9.78 Å². The first-order valence-electron chi connectivity index (χ1n) is 9.44. The van der Waals surface area contributed by atoms with Gasteiger partial charge in [0.1, 0.15) is 9.71 Å². The van der Waals surface area contributed by atoms with E-state index in [4.69, 9.17) is 4.74 Å². The maximum Gasteiger partial charge on any atom is 0.351 e. The molecule has 0 bridgehead atoms. The first-order chi connectivity index (χ1) is 13.4. The zero-order valence-corrected chi connectivity index (χ0v) is 17.0. The van der Waals surface area contributed by atoms with E-state index < -0.39 is 5.97 Å². The Morgan fingerprint density at radius 1 is 1.32 bits per heavy atom. The Balaban J connectivity index is 1.60. The van der Waals surface area contributed by atoms with E-state index in [0.717, 1.165) is 40.0 Å². The third-order valence-corrected chi connectivity index (χ3v) is 6.12. The number of hydrogen-bond acceptors (Lipinski definition) is 5. The van der Waals surface area contributed by atoms with Crippen molar-refractivity contribution in [2.24, 2.45) is 5.92 Å². The molecule has 1 saturated carbocycles. The highest BCUT2D eigenvalue weighted by molar-refractivity contribution is 7.21. The van der Waals surface area contributed by atoms with Crippen molar-refractivity contribution in [3.8, 4) is 5.69 Å². The summed E-state index contributed by atoms with van der Waals surface area (Å²) in [5, 5.41) is 3.84. The summed E-state index contributed by atoms with van der Waals surface area (Å²) in [5.41, 5.74) is 2.71. The summed E-state index contributed by atoms with van der Waals surface area (Å²) >= 11 is 1.30. The second-order valence-electron chi connectivity index (χ2n) is 7.40. The third kappa shape index (κ3) is 3.67. The largest absolute Gasteiger partial charge is 0.451 e. The minimum absolute atomic E-state index is 0.126. The number of nitrogens with one attached hydrogen (secondary N) is 1. The zero-order valence-electron chi connectivity index (χ0n) is 16.2. The molecule has 1 aliphatic carbocycles. The lowest BCUT2D eigenvalue weighted by Gasteiger charge is -2.13. The maximum atomic E-state index is 12.8. The van der Waals surface area contributed by atoms with Gasteiger partial charge in [0.25, 0.3) is 5.91 Å². The van der Waals surface area contributed by atoms with E-state index in [2.05, 4.69) is 10.3 Å². The number of nitrogens with zero attached hydrogens (tertiary/aromatic N) is 2. The van der Waals surface area contributed by atoms with Crippen LogP contribution in [0.25, 0.3) is 15.9 Å². The van der Waals surface area contributed by atoms with Crippen LogP contribution in [-0.2, 0) is 9.53 Å². The number of thiophene rings is 1. The molecule has 0 spiro atoms. The van der Waals surface area contributed by atoms with Gasteiger partial charge in [0.05, 0.1) is 5.69 Å². The molecule has 28 heavy (non-hydrogen) atoms. The Morgan fingerprint density at radius 2 is 2.04 bits per heavy atom. The van der Waals surface area contributed by atoms with Crippen LogP contribution in [0.1, 0.15) is 40.7 Å². The van der Waals surface area contributed by atoms with E-state index >= 15 is 0 Å². The minimum Gasteiger partial charge on any atom is -0.451 e. The van der Waals surface area contributed by atoms with E-state index in [-0.39, 0.29) is 18.6 Å². The van der Waals surface area contributed by atoms with Gasteiger partial charge in [0.15, 0.2) is 6.61 Å². The molecular formula is C21H23N3O3S. The fourth-order valence-corrected chi connectivity index (χ4v) is 4.69. The van der Waals surface area contributed by atoms with Crippen LogP contribution in [0.5, 0.6) is 0 Å². The molecule has 6 nitrogen and oxygen atoms in total. The summed E-state index contributed by atoms with van der Waals surface area (Å²) in [7, 11) is 0. The van der Waals surface area contributed by atoms with Gasteiger partial charge < -0.3 is 14.6 Å². The highest BCUT2D eigenvalue weighted by atomic mass is 32.1. The predicted octanol–water partition coefficient (Wildman–Crippen LogP) is 3.78. The SMILES string of the molecule is Cc1cc(C)c2c(-n3cccc3)c(C(=O)OCC(=O)N[C@H](C)C3CC3)sc2n1. The second kappa shape index (κ2) is 7.39. The molecule has 1 aliphatic rings. The molecule has 1 amide bonds. The summed E-state index contributed by atoms with van der Waals surface area (Å²) in [6.45, 7) is 5.66. The van der Waals surface area contributed by atoms with E-state index in [1.165, 1.54) is 11.3 Å². The first kappa shape index (κ1) is 18.7. The highest BCUT2D eigenvalue weighted by Crippen LogP contribution is 2.36. The number of hydrogen-bond donors (Lipinski definition) is 1. The number of ether oxygens (including phenoxy) is 1. The molecule has 0 radical (unpaired) electrons. The van der Waals surface area contributed by atoms with Crippen molar-refractivity contribution < 1.29 is 14.3 Å². The van der Waals surface area contributed by atoms with Crippen molar-refractivity contribution in [1.29, 1.82) is 0 Å². The molecule has 0 aromatic carbocycles. The molecule has 1 atom stereocenters. The minimum atomic E-state index is -0.502. The molecule has 0 aliphatic heterocycles. The van der Waals surface area contributed by atoms with Crippen LogP contribution >= 0.6 is 11.3 Å². The van der Waals surface area contributed by atoms with Crippen LogP contribution in [0.2, 0.25) is 0 Å². The standard InChI is InChI=1S/C21H23N3O3S/c1-12-10-13(2)22-20-17(12)18(24-8-4-5-9-24)19(28-20)21(26)27-11-16(25)23-14(3)15-6-7-15/h4-5,8-10,14-15H,6-7,11H2,1-3H3,(H,23,25)/t14-/m1/s1. The number of carbonyl (C=O) groups excluding carboxylic acids is 2. The summed E-state index contributed by atoms with van der Waals surface area (Å²) in [5.74, 6) is -0.209. The number of aryl methyl sites for hydroxylation is 2. The van der Waals surface area contributed by atoms with Gasteiger partial charge >= 0.3 is 5.97 Å². The quantitative estimate of drug-likeness (QED) is 0.643. The lowest BCUT2D eigenvalue weighted by Crippen LogP contribution is -2.37. The average Bonchev–Trinajstić information content (AvgIpc) is 3.22. The molecule has 1 N–H and O–H groups in total. The summed E-state index contributed by atoms with van der Waals surface area (Å²) in [6.07, 6.45) is 6.08. The summed E-state index contributed by atoms with van der Waals surface area (Å²) < 4.78 is 7.25. The van der Waals surface area contributed by atoms with Gasteiger partial charge in [0, 0.05) is 29.5 Å². The van der Waals surface area contributed by atoms with Gasteiger partial charge in [-0.05, 0) is 63.3 Å². The second-order valence-corrected chi connectivity index (χ2v) is 8.40. The number of amides is 1. The third-order valence-electron chi connectivity index (χ3n) is 5.06. The molecule has 3 aromatic heterocycles. The molecule has 7 heteroatoms. The van der Waals surface area contributed by atoms with E-state index in [1.807, 2.05) is 55.9 Å². The Morgan fingerprint density at radius 3 is 2.71 bits per heavy atom. The molecular weight excluding hydrogens is 374 g/mol. The summed E-state index contributed by atoms with van der Waals surface area (Å²) in [4.78, 5) is 30.8. The van der Waals surface area contributed by atoms with Crippen molar-refractivity contribution in [2.75, 3.05) is 6.61 Å². The molecule has 3 aromatic rings. The van der Waals surface area contributed by atoms with E-state index in [0.29, 0.717) is 10.8 Å². The number of esters is 1. The van der Waals surface area contributed by atoms with Gasteiger partial charge in [-0.1, -0.05) is 0 Å². The molecule has 4 rings (SSSR count). The fraction of sp³-hybridized carbons (Fsp3) is 0.381. The number of pyridine rings is 1. The Kier molecular flexibility index (Phi) is 4.93. The van der Waals surface area contributed by atoms with Crippen molar-refractivity contribution in [2.45, 2.75) is 39.7 Å². The number of rotatable bonds is 6. The number of carbonyl (C=O) groups is 2. The van der Waals surface area contributed by atoms with Crippen molar-refractivity contribution in [3.63, 3.8) is 0 Å². The van der Waals surface area contributed by atoms with Crippen LogP contribution in [0.3, 0.4) is 0 Å².